The zero-order valence-corrected chi connectivity index (χ0v) is 13.1. The molecule has 0 saturated carbocycles. The zero-order valence-electron chi connectivity index (χ0n) is 13.1. The SMILES string of the molecule is Cc1[nH]c2ccccc2c1C(=O)COC(=O)Cc1ccccc1F. The van der Waals surface area contributed by atoms with Crippen LogP contribution in [0.2, 0.25) is 0 Å². The molecule has 0 spiro atoms. The molecule has 122 valence electrons. The summed E-state index contributed by atoms with van der Waals surface area (Å²) in [6, 6.07) is 13.4. The predicted octanol–water partition coefficient (Wildman–Crippen LogP) is 3.58. The Bertz CT molecular complexity index is 914. The highest BCUT2D eigenvalue weighted by molar-refractivity contribution is 6.10. The normalized spacial score (nSPS) is 10.8. The van der Waals surface area contributed by atoms with E-state index in [1.54, 1.807) is 19.1 Å². The van der Waals surface area contributed by atoms with Crippen molar-refractivity contribution >= 4 is 22.7 Å². The van der Waals surface area contributed by atoms with E-state index in [9.17, 15) is 14.0 Å². The number of carbonyl (C=O) groups excluding carboxylic acids is 2. The van der Waals surface area contributed by atoms with E-state index in [2.05, 4.69) is 4.98 Å². The smallest absolute Gasteiger partial charge is 0.310 e. The summed E-state index contributed by atoms with van der Waals surface area (Å²) in [6.07, 6.45) is -0.202. The minimum absolute atomic E-state index is 0.202. The van der Waals surface area contributed by atoms with Crippen LogP contribution in [0.5, 0.6) is 0 Å². The fourth-order valence-corrected chi connectivity index (χ4v) is 2.70. The van der Waals surface area contributed by atoms with Gasteiger partial charge in [-0.2, -0.15) is 0 Å². The average Bonchev–Trinajstić information content (AvgIpc) is 2.90. The number of para-hydroxylation sites is 1. The van der Waals surface area contributed by atoms with Crippen molar-refractivity contribution < 1.29 is 18.7 Å². The summed E-state index contributed by atoms with van der Waals surface area (Å²) >= 11 is 0. The number of halogens is 1. The van der Waals surface area contributed by atoms with E-state index in [1.807, 2.05) is 24.3 Å². The third kappa shape index (κ3) is 3.20. The van der Waals surface area contributed by atoms with Gasteiger partial charge in [0.1, 0.15) is 5.82 Å². The molecular weight excluding hydrogens is 309 g/mol. The van der Waals surface area contributed by atoms with E-state index in [1.165, 1.54) is 12.1 Å². The molecule has 0 saturated heterocycles. The molecule has 0 fully saturated rings. The van der Waals surface area contributed by atoms with Crippen molar-refractivity contribution in [3.05, 3.63) is 71.2 Å². The highest BCUT2D eigenvalue weighted by Crippen LogP contribution is 2.22. The summed E-state index contributed by atoms with van der Waals surface area (Å²) in [5.74, 6) is -1.38. The minimum Gasteiger partial charge on any atom is -0.457 e. The number of benzene rings is 2. The Morgan fingerprint density at radius 1 is 1.08 bits per heavy atom. The van der Waals surface area contributed by atoms with Crippen LogP contribution in [0.25, 0.3) is 10.9 Å². The number of aromatic amines is 1. The topological polar surface area (TPSA) is 59.2 Å². The van der Waals surface area contributed by atoms with Crippen LogP contribution in [-0.4, -0.2) is 23.3 Å². The van der Waals surface area contributed by atoms with Crippen molar-refractivity contribution in [2.75, 3.05) is 6.61 Å². The molecule has 3 rings (SSSR count). The van der Waals surface area contributed by atoms with Crippen LogP contribution in [0.4, 0.5) is 4.39 Å². The molecule has 1 heterocycles. The molecule has 0 amide bonds. The van der Waals surface area contributed by atoms with Crippen molar-refractivity contribution in [1.29, 1.82) is 0 Å². The summed E-state index contributed by atoms with van der Waals surface area (Å²) in [6.45, 7) is 1.43. The van der Waals surface area contributed by atoms with Crippen molar-refractivity contribution in [2.24, 2.45) is 0 Å². The molecule has 4 nitrogen and oxygen atoms in total. The Morgan fingerprint density at radius 3 is 2.58 bits per heavy atom. The summed E-state index contributed by atoms with van der Waals surface area (Å²) in [4.78, 5) is 27.4. The fraction of sp³-hybridized carbons (Fsp3) is 0.158. The minimum atomic E-state index is -0.633. The molecule has 1 N–H and O–H groups in total. The number of ketones is 1. The first kappa shape index (κ1) is 15.9. The summed E-state index contributed by atoms with van der Waals surface area (Å²) < 4.78 is 18.5. The van der Waals surface area contributed by atoms with Gasteiger partial charge < -0.3 is 9.72 Å². The van der Waals surface area contributed by atoms with Crippen LogP contribution in [0.1, 0.15) is 21.6 Å². The summed E-state index contributed by atoms with van der Waals surface area (Å²) in [5, 5.41) is 0.796. The zero-order chi connectivity index (χ0) is 17.1. The first-order chi connectivity index (χ1) is 11.6. The van der Waals surface area contributed by atoms with Crippen LogP contribution in [0.15, 0.2) is 48.5 Å². The number of ether oxygens (including phenoxy) is 1. The predicted molar refractivity (Wildman–Crippen MR) is 88.4 cm³/mol. The number of aromatic nitrogens is 1. The molecular formula is C19H16FNO3. The van der Waals surface area contributed by atoms with Crippen LogP contribution in [0, 0.1) is 12.7 Å². The van der Waals surface area contributed by atoms with Gasteiger partial charge >= 0.3 is 5.97 Å². The number of aryl methyl sites for hydroxylation is 1. The third-order valence-electron chi connectivity index (χ3n) is 3.83. The lowest BCUT2D eigenvalue weighted by Crippen LogP contribution is -2.16. The first-order valence-electron chi connectivity index (χ1n) is 7.56. The lowest BCUT2D eigenvalue weighted by Gasteiger charge is -2.05. The molecule has 0 unspecified atom stereocenters. The number of rotatable bonds is 5. The van der Waals surface area contributed by atoms with Gasteiger partial charge in [0.25, 0.3) is 0 Å². The Balaban J connectivity index is 1.68. The van der Waals surface area contributed by atoms with Crippen LogP contribution in [0.3, 0.4) is 0 Å². The standard InChI is InChI=1S/C19H16FNO3/c1-12-19(14-7-3-5-9-16(14)21-12)17(22)11-24-18(23)10-13-6-2-4-8-15(13)20/h2-9,21H,10-11H2,1H3. The Kier molecular flexibility index (Phi) is 4.42. The van der Waals surface area contributed by atoms with Gasteiger partial charge in [0.05, 0.1) is 6.42 Å². The Morgan fingerprint density at radius 2 is 1.79 bits per heavy atom. The number of hydrogen-bond acceptors (Lipinski definition) is 3. The molecule has 0 radical (unpaired) electrons. The van der Waals surface area contributed by atoms with Crippen molar-refractivity contribution in [2.45, 2.75) is 13.3 Å². The average molecular weight is 325 g/mol. The van der Waals surface area contributed by atoms with E-state index in [0.717, 1.165) is 16.6 Å². The largest absolute Gasteiger partial charge is 0.457 e. The van der Waals surface area contributed by atoms with Crippen molar-refractivity contribution in [3.8, 4) is 0 Å². The Labute approximate surface area is 138 Å². The second-order valence-corrected chi connectivity index (χ2v) is 5.52. The van der Waals surface area contributed by atoms with Gasteiger partial charge in [-0.1, -0.05) is 36.4 Å². The van der Waals surface area contributed by atoms with Gasteiger partial charge in [0.2, 0.25) is 5.78 Å². The number of carbonyl (C=O) groups is 2. The molecule has 5 heteroatoms. The molecule has 24 heavy (non-hydrogen) atoms. The van der Waals surface area contributed by atoms with E-state index in [4.69, 9.17) is 4.74 Å². The van der Waals surface area contributed by atoms with E-state index >= 15 is 0 Å². The second-order valence-electron chi connectivity index (χ2n) is 5.52. The van der Waals surface area contributed by atoms with Crippen LogP contribution >= 0.6 is 0 Å². The number of fused-ring (bicyclic) bond motifs is 1. The monoisotopic (exact) mass is 325 g/mol. The third-order valence-corrected chi connectivity index (χ3v) is 3.83. The molecule has 0 aliphatic carbocycles. The molecule has 1 aromatic heterocycles. The number of nitrogens with one attached hydrogen (secondary N) is 1. The second kappa shape index (κ2) is 6.66. The number of hydrogen-bond donors (Lipinski definition) is 1. The molecule has 0 bridgehead atoms. The summed E-state index contributed by atoms with van der Waals surface area (Å²) in [5.41, 5.74) is 2.35. The molecule has 0 aliphatic heterocycles. The highest BCUT2D eigenvalue weighted by atomic mass is 19.1. The maximum absolute atomic E-state index is 13.5. The van der Waals surface area contributed by atoms with Gasteiger partial charge in [-0.25, -0.2) is 4.39 Å². The van der Waals surface area contributed by atoms with Gasteiger partial charge in [-0.15, -0.1) is 0 Å². The van der Waals surface area contributed by atoms with E-state index in [-0.39, 0.29) is 24.4 Å². The van der Waals surface area contributed by atoms with Crippen molar-refractivity contribution in [1.82, 2.24) is 4.98 Å². The quantitative estimate of drug-likeness (QED) is 0.576. The van der Waals surface area contributed by atoms with Gasteiger partial charge in [0.15, 0.2) is 6.61 Å². The van der Waals surface area contributed by atoms with Crippen molar-refractivity contribution in [3.63, 3.8) is 0 Å². The lowest BCUT2D eigenvalue weighted by molar-refractivity contribution is -0.141. The Hall–Kier alpha value is -2.95. The van der Waals surface area contributed by atoms with E-state index < -0.39 is 11.8 Å². The fourth-order valence-electron chi connectivity index (χ4n) is 2.70. The van der Waals surface area contributed by atoms with Gasteiger partial charge in [-0.3, -0.25) is 9.59 Å². The number of H-pyrrole nitrogens is 1. The van der Waals surface area contributed by atoms with Gasteiger partial charge in [-0.05, 0) is 24.6 Å². The van der Waals surface area contributed by atoms with E-state index in [0.29, 0.717) is 5.56 Å². The van der Waals surface area contributed by atoms with Crippen LogP contribution < -0.4 is 0 Å². The maximum atomic E-state index is 13.5. The van der Waals surface area contributed by atoms with Crippen LogP contribution in [-0.2, 0) is 16.0 Å². The highest BCUT2D eigenvalue weighted by Gasteiger charge is 2.18. The number of Topliss-reactive ketones (excluding diaryl/α,β-unsaturated/α-hetero) is 1. The van der Waals surface area contributed by atoms with Gasteiger partial charge in [0, 0.05) is 22.2 Å². The molecule has 3 aromatic rings. The molecule has 0 aliphatic rings. The molecule has 0 atom stereocenters. The molecule has 2 aromatic carbocycles. The first-order valence-corrected chi connectivity index (χ1v) is 7.56. The maximum Gasteiger partial charge on any atom is 0.310 e. The lowest BCUT2D eigenvalue weighted by atomic mass is 10.1. The summed E-state index contributed by atoms with van der Waals surface area (Å²) in [7, 11) is 0. The number of esters is 1.